The molecule has 4 heteroatoms. The molecule has 0 saturated carbocycles. The topological polar surface area (TPSA) is 32.8 Å². The molecule has 2 rings (SSSR count). The number of hydrogen-bond acceptors (Lipinski definition) is 3. The van der Waals surface area contributed by atoms with Gasteiger partial charge in [-0.05, 0) is 43.4 Å². The van der Waals surface area contributed by atoms with E-state index in [4.69, 9.17) is 4.74 Å². The first-order valence-corrected chi connectivity index (χ1v) is 8.83. The van der Waals surface area contributed by atoms with Crippen LogP contribution in [0.5, 0.6) is 5.75 Å². The summed E-state index contributed by atoms with van der Waals surface area (Å²) >= 11 is 0. The number of para-hydroxylation sites is 1. The number of likely N-dealkylation sites (tertiary alicyclic amines) is 1. The predicted molar refractivity (Wildman–Crippen MR) is 98.3 cm³/mol. The molecule has 4 nitrogen and oxygen atoms in total. The lowest BCUT2D eigenvalue weighted by Gasteiger charge is -2.34. The molecule has 0 bridgehead atoms. The van der Waals surface area contributed by atoms with Crippen molar-refractivity contribution in [1.82, 2.24) is 9.80 Å². The summed E-state index contributed by atoms with van der Waals surface area (Å²) in [7, 11) is 3.63. The molecule has 24 heavy (non-hydrogen) atoms. The molecule has 1 saturated heterocycles. The van der Waals surface area contributed by atoms with Gasteiger partial charge >= 0.3 is 0 Å². The Hall–Kier alpha value is -1.81. The summed E-state index contributed by atoms with van der Waals surface area (Å²) in [5.41, 5.74) is 1.26. The zero-order valence-corrected chi connectivity index (χ0v) is 15.0. The first-order chi connectivity index (χ1) is 11.6. The number of piperidine rings is 1. The van der Waals surface area contributed by atoms with Crippen molar-refractivity contribution >= 4 is 5.91 Å². The summed E-state index contributed by atoms with van der Waals surface area (Å²) < 4.78 is 5.44. The quantitative estimate of drug-likeness (QED) is 0.687. The van der Waals surface area contributed by atoms with E-state index >= 15 is 0 Å². The summed E-state index contributed by atoms with van der Waals surface area (Å²) in [5.74, 6) is 1.70. The Morgan fingerprint density at radius 2 is 2.25 bits per heavy atom. The molecule has 1 aromatic carbocycles. The van der Waals surface area contributed by atoms with E-state index in [-0.39, 0.29) is 5.91 Å². The van der Waals surface area contributed by atoms with Crippen LogP contribution in [0.25, 0.3) is 0 Å². The van der Waals surface area contributed by atoms with Gasteiger partial charge in [0.1, 0.15) is 5.75 Å². The van der Waals surface area contributed by atoms with E-state index in [2.05, 4.69) is 23.6 Å². The van der Waals surface area contributed by atoms with Gasteiger partial charge in [-0.15, -0.1) is 6.58 Å². The van der Waals surface area contributed by atoms with E-state index in [1.807, 2.05) is 24.1 Å². The Morgan fingerprint density at radius 1 is 1.46 bits per heavy atom. The Bertz CT molecular complexity index is 544. The zero-order chi connectivity index (χ0) is 17.4. The second kappa shape index (κ2) is 9.48. The van der Waals surface area contributed by atoms with Crippen molar-refractivity contribution in [3.05, 3.63) is 42.5 Å². The minimum Gasteiger partial charge on any atom is -0.496 e. The fraction of sp³-hybridized carbons (Fsp3) is 0.550. The normalized spacial score (nSPS) is 18.2. The Morgan fingerprint density at radius 3 is 3.00 bits per heavy atom. The number of benzene rings is 1. The number of nitrogens with zero attached hydrogens (tertiary/aromatic N) is 2. The van der Waals surface area contributed by atoms with Gasteiger partial charge in [0, 0.05) is 33.1 Å². The SMILES string of the molecule is C=CCC(=O)N(C)C[C@H]1CCCN(CCc2ccccc2OC)C1. The van der Waals surface area contributed by atoms with Crippen molar-refractivity contribution in [1.29, 1.82) is 0 Å². The van der Waals surface area contributed by atoms with Gasteiger partial charge in [0.05, 0.1) is 7.11 Å². The van der Waals surface area contributed by atoms with Gasteiger partial charge in [-0.25, -0.2) is 0 Å². The van der Waals surface area contributed by atoms with E-state index in [1.165, 1.54) is 18.4 Å². The van der Waals surface area contributed by atoms with Crippen LogP contribution in [-0.4, -0.2) is 56.0 Å². The third-order valence-electron chi connectivity index (χ3n) is 4.77. The maximum atomic E-state index is 11.9. The van der Waals surface area contributed by atoms with Gasteiger partial charge in [-0.3, -0.25) is 4.79 Å². The summed E-state index contributed by atoms with van der Waals surface area (Å²) in [5, 5.41) is 0. The van der Waals surface area contributed by atoms with Crippen molar-refractivity contribution in [3.8, 4) is 5.75 Å². The maximum absolute atomic E-state index is 11.9. The number of carbonyl (C=O) groups is 1. The van der Waals surface area contributed by atoms with Crippen LogP contribution in [0.2, 0.25) is 0 Å². The van der Waals surface area contributed by atoms with Crippen molar-refractivity contribution < 1.29 is 9.53 Å². The molecule has 1 fully saturated rings. The first-order valence-electron chi connectivity index (χ1n) is 8.83. The van der Waals surface area contributed by atoms with Gasteiger partial charge < -0.3 is 14.5 Å². The summed E-state index contributed by atoms with van der Waals surface area (Å²) in [4.78, 5) is 16.3. The molecule has 0 radical (unpaired) electrons. The highest BCUT2D eigenvalue weighted by atomic mass is 16.5. The highest BCUT2D eigenvalue weighted by Gasteiger charge is 2.22. The standard InChI is InChI=1S/C20H30N2O2/c1-4-8-20(23)21(2)15-17-9-7-13-22(16-17)14-12-18-10-5-6-11-19(18)24-3/h4-6,10-11,17H,1,7-9,12-16H2,2-3H3/t17-/m1/s1. The molecule has 0 spiro atoms. The fourth-order valence-corrected chi connectivity index (χ4v) is 3.46. The molecule has 1 amide bonds. The molecular weight excluding hydrogens is 300 g/mol. The number of ether oxygens (including phenoxy) is 1. The van der Waals surface area contributed by atoms with Crippen LogP contribution in [0, 0.1) is 5.92 Å². The van der Waals surface area contributed by atoms with E-state index in [1.54, 1.807) is 13.2 Å². The Kier molecular flexibility index (Phi) is 7.32. The molecule has 0 N–H and O–H groups in total. The van der Waals surface area contributed by atoms with Crippen molar-refractivity contribution in [2.24, 2.45) is 5.92 Å². The van der Waals surface area contributed by atoms with E-state index < -0.39 is 0 Å². The molecule has 132 valence electrons. The van der Waals surface area contributed by atoms with Crippen molar-refractivity contribution in [3.63, 3.8) is 0 Å². The van der Waals surface area contributed by atoms with Crippen LogP contribution < -0.4 is 4.74 Å². The van der Waals surface area contributed by atoms with Crippen molar-refractivity contribution in [2.75, 3.05) is 40.3 Å². The van der Waals surface area contributed by atoms with Crippen LogP contribution in [0.15, 0.2) is 36.9 Å². The highest BCUT2D eigenvalue weighted by Crippen LogP contribution is 2.21. The average Bonchev–Trinajstić information content (AvgIpc) is 2.60. The minimum absolute atomic E-state index is 0.163. The van der Waals surface area contributed by atoms with Crippen LogP contribution in [0.1, 0.15) is 24.8 Å². The van der Waals surface area contributed by atoms with Crippen LogP contribution >= 0.6 is 0 Å². The molecule has 1 heterocycles. The molecule has 0 unspecified atom stereocenters. The van der Waals surface area contributed by atoms with Gasteiger partial charge in [0.2, 0.25) is 5.91 Å². The third kappa shape index (κ3) is 5.38. The molecular formula is C20H30N2O2. The van der Waals surface area contributed by atoms with Crippen LogP contribution in [0.4, 0.5) is 0 Å². The number of hydrogen-bond donors (Lipinski definition) is 0. The minimum atomic E-state index is 0.163. The summed E-state index contributed by atoms with van der Waals surface area (Å²) in [6.45, 7) is 7.75. The lowest BCUT2D eigenvalue weighted by atomic mass is 9.97. The lowest BCUT2D eigenvalue weighted by molar-refractivity contribution is -0.129. The van der Waals surface area contributed by atoms with Gasteiger partial charge in [-0.1, -0.05) is 24.3 Å². The second-order valence-corrected chi connectivity index (χ2v) is 6.64. The van der Waals surface area contributed by atoms with Crippen LogP contribution in [-0.2, 0) is 11.2 Å². The van der Waals surface area contributed by atoms with Gasteiger partial charge in [0.15, 0.2) is 0 Å². The smallest absolute Gasteiger partial charge is 0.226 e. The summed E-state index contributed by atoms with van der Waals surface area (Å²) in [6.07, 6.45) is 5.53. The Balaban J connectivity index is 1.82. The number of methoxy groups -OCH3 is 1. The molecule has 0 aliphatic carbocycles. The Labute approximate surface area is 146 Å². The highest BCUT2D eigenvalue weighted by molar-refractivity contribution is 5.77. The number of rotatable bonds is 8. The molecule has 1 aliphatic rings. The van der Waals surface area contributed by atoms with Gasteiger partial charge in [-0.2, -0.15) is 0 Å². The van der Waals surface area contributed by atoms with E-state index in [9.17, 15) is 4.79 Å². The van der Waals surface area contributed by atoms with E-state index in [0.717, 1.165) is 38.3 Å². The number of carbonyl (C=O) groups excluding carboxylic acids is 1. The first kappa shape index (κ1) is 18.5. The second-order valence-electron chi connectivity index (χ2n) is 6.64. The van der Waals surface area contributed by atoms with Crippen molar-refractivity contribution in [2.45, 2.75) is 25.7 Å². The number of amides is 1. The maximum Gasteiger partial charge on any atom is 0.226 e. The summed E-state index contributed by atoms with van der Waals surface area (Å²) in [6, 6.07) is 8.24. The molecule has 1 aliphatic heterocycles. The third-order valence-corrected chi connectivity index (χ3v) is 4.77. The lowest BCUT2D eigenvalue weighted by Crippen LogP contribution is -2.42. The predicted octanol–water partition coefficient (Wildman–Crippen LogP) is 2.98. The average molecular weight is 330 g/mol. The molecule has 1 aromatic rings. The monoisotopic (exact) mass is 330 g/mol. The van der Waals surface area contributed by atoms with E-state index in [0.29, 0.717) is 12.3 Å². The largest absolute Gasteiger partial charge is 0.496 e. The molecule has 1 atom stereocenters. The zero-order valence-electron chi connectivity index (χ0n) is 15.0. The fourth-order valence-electron chi connectivity index (χ4n) is 3.46. The van der Waals surface area contributed by atoms with Gasteiger partial charge in [0.25, 0.3) is 0 Å². The molecule has 0 aromatic heterocycles. The van der Waals surface area contributed by atoms with Crippen LogP contribution in [0.3, 0.4) is 0 Å².